The molecule has 6 rings (SSSR count). The zero-order valence-corrected chi connectivity index (χ0v) is 22.6. The van der Waals surface area contributed by atoms with E-state index < -0.39 is 0 Å². The molecule has 0 aliphatic heterocycles. The van der Waals surface area contributed by atoms with Gasteiger partial charge in [0.05, 0.1) is 16.1 Å². The minimum absolute atomic E-state index is 0.0312. The number of hydrogen-bond donors (Lipinski definition) is 1. The van der Waals surface area contributed by atoms with Crippen LogP contribution in [0.15, 0.2) is 34.8 Å². The van der Waals surface area contributed by atoms with E-state index in [1.165, 1.54) is 44.6 Å². The highest BCUT2D eigenvalue weighted by molar-refractivity contribution is 9.10. The first-order valence-corrected chi connectivity index (χ1v) is 13.5. The molecular formula is C28H34BrClFNO2. The average molecular weight is 551 g/mol. The third-order valence-corrected chi connectivity index (χ3v) is 9.03. The van der Waals surface area contributed by atoms with Gasteiger partial charge in [0.2, 0.25) is 0 Å². The Morgan fingerprint density at radius 1 is 1.09 bits per heavy atom. The first kappa shape index (κ1) is 24.4. The second-order valence-electron chi connectivity index (χ2n) is 11.6. The molecule has 6 heteroatoms. The van der Waals surface area contributed by atoms with Crippen LogP contribution in [0.2, 0.25) is 5.02 Å². The monoisotopic (exact) mass is 549 g/mol. The average Bonchev–Trinajstić information content (AvgIpc) is 2.71. The number of benzene rings is 2. The van der Waals surface area contributed by atoms with Crippen molar-refractivity contribution >= 4 is 27.5 Å². The minimum Gasteiger partial charge on any atom is -0.490 e. The Balaban J connectivity index is 1.33. The van der Waals surface area contributed by atoms with Gasteiger partial charge in [0, 0.05) is 17.6 Å². The van der Waals surface area contributed by atoms with E-state index in [2.05, 4.69) is 41.2 Å². The fourth-order valence-corrected chi connectivity index (χ4v) is 8.70. The molecule has 1 N–H and O–H groups in total. The van der Waals surface area contributed by atoms with Crippen LogP contribution in [0.25, 0.3) is 0 Å². The van der Waals surface area contributed by atoms with Crippen molar-refractivity contribution in [1.29, 1.82) is 0 Å². The molecule has 2 aromatic carbocycles. The largest absolute Gasteiger partial charge is 0.490 e. The van der Waals surface area contributed by atoms with E-state index in [1.54, 1.807) is 12.1 Å². The SMILES string of the molecule is CCOc1cc(CNC23CC4C[C@@](C)(C2)C[C@](C)(C4)C3)cc(Br)c1OCc1c(F)cccc1Cl. The zero-order valence-electron chi connectivity index (χ0n) is 20.3. The third kappa shape index (κ3) is 4.73. The summed E-state index contributed by atoms with van der Waals surface area (Å²) in [5.74, 6) is 1.70. The van der Waals surface area contributed by atoms with E-state index in [9.17, 15) is 4.39 Å². The number of hydrogen-bond acceptors (Lipinski definition) is 3. The van der Waals surface area contributed by atoms with Gasteiger partial charge < -0.3 is 14.8 Å². The Kier molecular flexibility index (Phi) is 6.44. The molecular weight excluding hydrogens is 517 g/mol. The van der Waals surface area contributed by atoms with E-state index in [-0.39, 0.29) is 18.0 Å². The molecule has 4 bridgehead atoms. The molecule has 0 spiro atoms. The van der Waals surface area contributed by atoms with Crippen LogP contribution in [-0.2, 0) is 13.2 Å². The summed E-state index contributed by atoms with van der Waals surface area (Å²) in [7, 11) is 0. The van der Waals surface area contributed by atoms with Crippen LogP contribution in [0, 0.1) is 22.6 Å². The van der Waals surface area contributed by atoms with Crippen molar-refractivity contribution in [2.45, 2.75) is 78.0 Å². The van der Waals surface area contributed by atoms with E-state index in [4.69, 9.17) is 21.1 Å². The molecule has 4 aliphatic rings. The number of nitrogens with one attached hydrogen (secondary N) is 1. The molecule has 4 aliphatic carbocycles. The van der Waals surface area contributed by atoms with E-state index in [1.807, 2.05) is 13.0 Å². The molecule has 184 valence electrons. The first-order chi connectivity index (χ1) is 16.1. The van der Waals surface area contributed by atoms with Crippen LogP contribution in [-0.4, -0.2) is 12.1 Å². The summed E-state index contributed by atoms with van der Waals surface area (Å²) in [6.07, 6.45) is 8.00. The van der Waals surface area contributed by atoms with Gasteiger partial charge in [-0.05, 0) is 108 Å². The van der Waals surface area contributed by atoms with Crippen molar-refractivity contribution in [3.8, 4) is 11.5 Å². The summed E-state index contributed by atoms with van der Waals surface area (Å²) in [5.41, 5.74) is 2.68. The van der Waals surface area contributed by atoms with Crippen molar-refractivity contribution in [3.05, 3.63) is 56.8 Å². The van der Waals surface area contributed by atoms with Gasteiger partial charge in [0.1, 0.15) is 12.4 Å². The maximum absolute atomic E-state index is 14.2. The van der Waals surface area contributed by atoms with Gasteiger partial charge >= 0.3 is 0 Å². The number of rotatable bonds is 8. The molecule has 3 nitrogen and oxygen atoms in total. The minimum atomic E-state index is -0.375. The Morgan fingerprint density at radius 2 is 1.82 bits per heavy atom. The maximum atomic E-state index is 14.2. The first-order valence-electron chi connectivity index (χ1n) is 12.4. The molecule has 4 fully saturated rings. The molecule has 0 amide bonds. The predicted octanol–water partition coefficient (Wildman–Crippen LogP) is 8.06. The molecule has 0 heterocycles. The maximum Gasteiger partial charge on any atom is 0.175 e. The van der Waals surface area contributed by atoms with E-state index in [0.717, 1.165) is 22.5 Å². The third-order valence-electron chi connectivity index (χ3n) is 8.09. The summed E-state index contributed by atoms with van der Waals surface area (Å²) >= 11 is 9.85. The lowest BCUT2D eigenvalue weighted by atomic mass is 9.43. The molecule has 4 saturated carbocycles. The van der Waals surface area contributed by atoms with Crippen LogP contribution in [0.3, 0.4) is 0 Å². The van der Waals surface area contributed by atoms with Gasteiger partial charge in [-0.15, -0.1) is 0 Å². The summed E-state index contributed by atoms with van der Waals surface area (Å²) < 4.78 is 26.9. The topological polar surface area (TPSA) is 30.5 Å². The van der Waals surface area contributed by atoms with Crippen LogP contribution in [0.1, 0.15) is 70.4 Å². The van der Waals surface area contributed by atoms with Crippen molar-refractivity contribution in [1.82, 2.24) is 5.32 Å². The fourth-order valence-electron chi connectivity index (χ4n) is 7.88. The van der Waals surface area contributed by atoms with Gasteiger partial charge in [-0.25, -0.2) is 4.39 Å². The van der Waals surface area contributed by atoms with Gasteiger partial charge in [0.25, 0.3) is 0 Å². The van der Waals surface area contributed by atoms with Crippen molar-refractivity contribution in [2.75, 3.05) is 6.61 Å². The quantitative estimate of drug-likeness (QED) is 0.361. The molecule has 34 heavy (non-hydrogen) atoms. The fraction of sp³-hybridized carbons (Fsp3) is 0.571. The highest BCUT2D eigenvalue weighted by Crippen LogP contribution is 2.66. The molecule has 2 unspecified atom stereocenters. The number of halogens is 3. The van der Waals surface area contributed by atoms with Gasteiger partial charge in [0.15, 0.2) is 11.5 Å². The molecule has 0 saturated heterocycles. The van der Waals surface area contributed by atoms with E-state index in [0.29, 0.717) is 39.5 Å². The van der Waals surface area contributed by atoms with Crippen molar-refractivity contribution < 1.29 is 13.9 Å². The van der Waals surface area contributed by atoms with Crippen LogP contribution >= 0.6 is 27.5 Å². The Hall–Kier alpha value is -1.30. The van der Waals surface area contributed by atoms with Gasteiger partial charge in [-0.2, -0.15) is 0 Å². The molecule has 0 radical (unpaired) electrons. The van der Waals surface area contributed by atoms with Crippen LogP contribution in [0.4, 0.5) is 4.39 Å². The predicted molar refractivity (Wildman–Crippen MR) is 138 cm³/mol. The Morgan fingerprint density at radius 3 is 2.47 bits per heavy atom. The van der Waals surface area contributed by atoms with Gasteiger partial charge in [-0.3, -0.25) is 0 Å². The highest BCUT2D eigenvalue weighted by atomic mass is 79.9. The summed E-state index contributed by atoms with van der Waals surface area (Å²) in [6, 6.07) is 8.78. The van der Waals surface area contributed by atoms with Crippen LogP contribution < -0.4 is 14.8 Å². The highest BCUT2D eigenvalue weighted by Gasteiger charge is 2.59. The summed E-state index contributed by atoms with van der Waals surface area (Å²) in [6.45, 7) is 8.30. The van der Waals surface area contributed by atoms with E-state index >= 15 is 0 Å². The number of ether oxygens (including phenoxy) is 2. The summed E-state index contributed by atoms with van der Waals surface area (Å²) in [4.78, 5) is 0. The standard InChI is InChI=1S/C28H34BrClFNO2/c1-4-33-24-9-18(8-21(29)25(24)34-14-20-22(30)6-5-7-23(20)31)13-32-28-12-19-10-26(2,16-28)15-27(3,11-19)17-28/h5-9,19,32H,4,10-17H2,1-3H3/t19?,26-,27+,28?. The van der Waals surface area contributed by atoms with Crippen molar-refractivity contribution in [3.63, 3.8) is 0 Å². The second-order valence-corrected chi connectivity index (χ2v) is 12.9. The van der Waals surface area contributed by atoms with Crippen molar-refractivity contribution in [2.24, 2.45) is 16.7 Å². The normalized spacial score (nSPS) is 31.6. The second kappa shape index (κ2) is 8.97. The smallest absolute Gasteiger partial charge is 0.175 e. The molecule has 4 atom stereocenters. The Bertz CT molecular complexity index is 1050. The lowest BCUT2D eigenvalue weighted by Crippen LogP contribution is -2.63. The lowest BCUT2D eigenvalue weighted by molar-refractivity contribution is -0.118. The molecule has 2 aromatic rings. The zero-order chi connectivity index (χ0) is 24.1. The Labute approximate surface area is 215 Å². The van der Waals surface area contributed by atoms with Crippen LogP contribution in [0.5, 0.6) is 11.5 Å². The summed E-state index contributed by atoms with van der Waals surface area (Å²) in [5, 5.41) is 4.35. The van der Waals surface area contributed by atoms with Gasteiger partial charge in [-0.1, -0.05) is 31.5 Å². The lowest BCUT2D eigenvalue weighted by Gasteiger charge is -2.65. The molecule has 0 aromatic heterocycles.